The lowest BCUT2D eigenvalue weighted by Crippen LogP contribution is -2.23. The maximum Gasteiger partial charge on any atom is 0.226 e. The summed E-state index contributed by atoms with van der Waals surface area (Å²) in [7, 11) is 5.02. The van der Waals surface area contributed by atoms with Gasteiger partial charge in [0, 0.05) is 31.9 Å². The van der Waals surface area contributed by atoms with Crippen LogP contribution in [0.5, 0.6) is 5.75 Å². The Balaban J connectivity index is 2.33. The van der Waals surface area contributed by atoms with Crippen LogP contribution in [0.4, 0.5) is 11.4 Å². The third kappa shape index (κ3) is 4.30. The van der Waals surface area contributed by atoms with Gasteiger partial charge in [0.2, 0.25) is 5.91 Å². The number of amides is 1. The van der Waals surface area contributed by atoms with Gasteiger partial charge in [-0.1, -0.05) is 41.4 Å². The van der Waals surface area contributed by atoms with Gasteiger partial charge >= 0.3 is 0 Å². The number of ether oxygens (including phenoxy) is 1. The number of carbonyl (C=O) groups excluding carboxylic acids is 1. The summed E-state index contributed by atoms with van der Waals surface area (Å²) in [6, 6.07) is 10.9. The Bertz CT molecular complexity index is 694. The maximum atomic E-state index is 12.0. The highest BCUT2D eigenvalue weighted by Gasteiger charge is 2.13. The van der Waals surface area contributed by atoms with Gasteiger partial charge in [0.05, 0.1) is 29.3 Å². The molecular weight excluding hydrogens is 335 g/mol. The van der Waals surface area contributed by atoms with E-state index < -0.39 is 0 Å². The Labute approximate surface area is 146 Å². The van der Waals surface area contributed by atoms with Crippen molar-refractivity contribution in [1.82, 2.24) is 4.90 Å². The lowest BCUT2D eigenvalue weighted by molar-refractivity contribution is -0.127. The Morgan fingerprint density at radius 3 is 2.35 bits per heavy atom. The van der Waals surface area contributed by atoms with Gasteiger partial charge in [-0.05, 0) is 11.6 Å². The van der Waals surface area contributed by atoms with Crippen molar-refractivity contribution >= 4 is 40.5 Å². The van der Waals surface area contributed by atoms with Crippen molar-refractivity contribution in [1.29, 1.82) is 0 Å². The van der Waals surface area contributed by atoms with Gasteiger partial charge in [0.25, 0.3) is 0 Å². The molecular formula is C17H18Cl2N2O2. The number of methoxy groups -OCH3 is 1. The summed E-state index contributed by atoms with van der Waals surface area (Å²) < 4.78 is 5.14. The summed E-state index contributed by atoms with van der Waals surface area (Å²) in [5.74, 6) is 0.604. The number of benzene rings is 2. The van der Waals surface area contributed by atoms with Gasteiger partial charge in [-0.2, -0.15) is 0 Å². The minimum atomic E-state index is 0.0196. The van der Waals surface area contributed by atoms with Gasteiger partial charge in [-0.3, -0.25) is 4.79 Å². The Morgan fingerprint density at radius 1 is 1.17 bits per heavy atom. The molecule has 0 fully saturated rings. The molecule has 0 atom stereocenters. The van der Waals surface area contributed by atoms with Crippen LogP contribution in [0, 0.1) is 0 Å². The minimum Gasteiger partial charge on any atom is -0.497 e. The third-order valence-electron chi connectivity index (χ3n) is 3.37. The van der Waals surface area contributed by atoms with Crippen LogP contribution in [0.2, 0.25) is 10.0 Å². The number of nitrogens with zero attached hydrogens (tertiary/aromatic N) is 1. The largest absolute Gasteiger partial charge is 0.497 e. The quantitative estimate of drug-likeness (QED) is 0.868. The summed E-state index contributed by atoms with van der Waals surface area (Å²) in [4.78, 5) is 13.5. The number of rotatable bonds is 5. The van der Waals surface area contributed by atoms with E-state index in [1.165, 1.54) is 0 Å². The van der Waals surface area contributed by atoms with Gasteiger partial charge < -0.3 is 15.0 Å². The number of anilines is 2. The minimum absolute atomic E-state index is 0.0196. The first-order chi connectivity index (χ1) is 10.9. The highest BCUT2D eigenvalue weighted by molar-refractivity contribution is 6.39. The number of hydrogen-bond donors (Lipinski definition) is 1. The summed E-state index contributed by atoms with van der Waals surface area (Å²) in [5.41, 5.74) is 2.24. The molecule has 4 nitrogen and oxygen atoms in total. The second-order valence-electron chi connectivity index (χ2n) is 5.21. The molecule has 0 unspecified atom stereocenters. The van der Waals surface area contributed by atoms with Crippen molar-refractivity contribution in [3.8, 4) is 5.75 Å². The molecule has 0 radical (unpaired) electrons. The topological polar surface area (TPSA) is 41.6 Å². The van der Waals surface area contributed by atoms with Crippen LogP contribution in [0.25, 0.3) is 0 Å². The predicted molar refractivity (Wildman–Crippen MR) is 95.1 cm³/mol. The maximum absolute atomic E-state index is 12.0. The molecule has 1 N–H and O–H groups in total. The smallest absolute Gasteiger partial charge is 0.226 e. The molecule has 0 aromatic heterocycles. The molecule has 1 amide bonds. The van der Waals surface area contributed by atoms with Crippen LogP contribution in [0.1, 0.15) is 5.56 Å². The molecule has 2 rings (SSSR count). The van der Waals surface area contributed by atoms with Crippen LogP contribution in [-0.4, -0.2) is 32.0 Å². The summed E-state index contributed by atoms with van der Waals surface area (Å²) >= 11 is 12.5. The summed E-state index contributed by atoms with van der Waals surface area (Å²) in [6.07, 6.45) is 0.293. The Hall–Kier alpha value is -1.91. The molecule has 122 valence electrons. The molecule has 0 aliphatic carbocycles. The number of hydrogen-bond acceptors (Lipinski definition) is 3. The van der Waals surface area contributed by atoms with E-state index in [1.807, 2.05) is 24.3 Å². The molecule has 0 bridgehead atoms. The van der Waals surface area contributed by atoms with Crippen LogP contribution < -0.4 is 10.1 Å². The van der Waals surface area contributed by atoms with Gasteiger partial charge in [-0.15, -0.1) is 0 Å². The number of para-hydroxylation sites is 1. The second-order valence-corrected chi connectivity index (χ2v) is 6.03. The average molecular weight is 353 g/mol. The fraction of sp³-hybridized carbons (Fsp3) is 0.235. The zero-order valence-electron chi connectivity index (χ0n) is 13.2. The molecule has 0 aliphatic heterocycles. The van der Waals surface area contributed by atoms with Gasteiger partial charge in [0.1, 0.15) is 5.75 Å². The van der Waals surface area contributed by atoms with Crippen LogP contribution in [-0.2, 0) is 11.2 Å². The number of nitrogens with one attached hydrogen (secondary N) is 1. The number of halogens is 2. The monoisotopic (exact) mass is 352 g/mol. The second kappa shape index (κ2) is 7.57. The van der Waals surface area contributed by atoms with Crippen LogP contribution in [0.3, 0.4) is 0 Å². The van der Waals surface area contributed by atoms with Gasteiger partial charge in [-0.25, -0.2) is 0 Å². The SMILES string of the molecule is COc1cc(Cl)c(Nc2ccccc2CC(=O)N(C)C)c(Cl)c1. The molecule has 2 aromatic rings. The first kappa shape index (κ1) is 17.4. The molecule has 23 heavy (non-hydrogen) atoms. The standard InChI is InChI=1S/C17H18Cl2N2O2/c1-21(2)16(22)8-11-6-4-5-7-15(11)20-17-13(18)9-12(23-3)10-14(17)19/h4-7,9-10,20H,8H2,1-3H3. The van der Waals surface area contributed by atoms with Crippen molar-refractivity contribution in [2.75, 3.05) is 26.5 Å². The van der Waals surface area contributed by atoms with E-state index in [4.69, 9.17) is 27.9 Å². The highest BCUT2D eigenvalue weighted by atomic mass is 35.5. The number of carbonyl (C=O) groups is 1. The lowest BCUT2D eigenvalue weighted by atomic mass is 10.1. The fourth-order valence-corrected chi connectivity index (χ4v) is 2.60. The normalized spacial score (nSPS) is 10.3. The molecule has 2 aromatic carbocycles. The third-order valence-corrected chi connectivity index (χ3v) is 3.97. The van der Waals surface area contributed by atoms with E-state index in [-0.39, 0.29) is 5.91 Å². The molecule has 0 saturated heterocycles. The predicted octanol–water partition coefficient (Wildman–Crippen LogP) is 4.38. The van der Waals surface area contributed by atoms with Crippen molar-refractivity contribution in [2.24, 2.45) is 0 Å². The van der Waals surface area contributed by atoms with Crippen molar-refractivity contribution < 1.29 is 9.53 Å². The van der Waals surface area contributed by atoms with E-state index in [9.17, 15) is 4.79 Å². The highest BCUT2D eigenvalue weighted by Crippen LogP contribution is 2.37. The molecule has 0 aliphatic rings. The average Bonchev–Trinajstić information content (AvgIpc) is 2.51. The van der Waals surface area contributed by atoms with Gasteiger partial charge in [0.15, 0.2) is 0 Å². The zero-order chi connectivity index (χ0) is 17.0. The van der Waals surface area contributed by atoms with Crippen LogP contribution >= 0.6 is 23.2 Å². The molecule has 0 spiro atoms. The molecule has 6 heteroatoms. The fourth-order valence-electron chi connectivity index (χ4n) is 2.04. The lowest BCUT2D eigenvalue weighted by Gasteiger charge is -2.16. The van der Waals surface area contributed by atoms with E-state index in [2.05, 4.69) is 5.32 Å². The van der Waals surface area contributed by atoms with E-state index in [1.54, 1.807) is 38.2 Å². The Morgan fingerprint density at radius 2 is 1.78 bits per heavy atom. The van der Waals surface area contributed by atoms with E-state index in [0.717, 1.165) is 11.3 Å². The van der Waals surface area contributed by atoms with Crippen LogP contribution in [0.15, 0.2) is 36.4 Å². The van der Waals surface area contributed by atoms with E-state index >= 15 is 0 Å². The zero-order valence-corrected chi connectivity index (χ0v) is 14.7. The van der Waals surface area contributed by atoms with E-state index in [0.29, 0.717) is 27.9 Å². The first-order valence-corrected chi connectivity index (χ1v) is 7.76. The molecule has 0 saturated carbocycles. The van der Waals surface area contributed by atoms with Crippen molar-refractivity contribution in [3.05, 3.63) is 52.0 Å². The first-order valence-electron chi connectivity index (χ1n) is 7.00. The number of likely N-dealkylation sites (N-methyl/N-ethyl adjacent to an activating group) is 1. The van der Waals surface area contributed by atoms with Crippen molar-refractivity contribution in [2.45, 2.75) is 6.42 Å². The summed E-state index contributed by atoms with van der Waals surface area (Å²) in [5, 5.41) is 4.11. The molecule has 0 heterocycles. The Kier molecular flexibility index (Phi) is 5.74. The summed E-state index contributed by atoms with van der Waals surface area (Å²) in [6.45, 7) is 0. The van der Waals surface area contributed by atoms with Crippen molar-refractivity contribution in [3.63, 3.8) is 0 Å².